The molecule has 3 amide bonds. The lowest BCUT2D eigenvalue weighted by Crippen LogP contribution is -2.39. The van der Waals surface area contributed by atoms with E-state index in [0.29, 0.717) is 11.1 Å². The van der Waals surface area contributed by atoms with E-state index in [9.17, 15) is 9.59 Å². The first-order valence-electron chi connectivity index (χ1n) is 7.04. The molecule has 0 radical (unpaired) electrons. The van der Waals surface area contributed by atoms with E-state index in [0.717, 1.165) is 17.4 Å². The Kier molecular flexibility index (Phi) is 5.32. The van der Waals surface area contributed by atoms with Gasteiger partial charge in [-0.3, -0.25) is 10.1 Å². The van der Waals surface area contributed by atoms with Gasteiger partial charge in [-0.15, -0.1) is 5.10 Å². The summed E-state index contributed by atoms with van der Waals surface area (Å²) in [6.45, 7) is 5.88. The lowest BCUT2D eigenvalue weighted by molar-refractivity contribution is -0.119. The maximum atomic E-state index is 11.7. The molecular weight excluding hydrogens is 316 g/mol. The normalized spacial score (nSPS) is 12.2. The molecule has 0 fully saturated rings. The second kappa shape index (κ2) is 7.23. The first kappa shape index (κ1) is 16.9. The van der Waals surface area contributed by atoms with E-state index < -0.39 is 17.2 Å². The fraction of sp³-hybridized carbons (Fsp3) is 0.357. The van der Waals surface area contributed by atoms with Crippen molar-refractivity contribution in [2.24, 2.45) is 5.73 Å². The fourth-order valence-corrected chi connectivity index (χ4v) is 2.66. The number of hydrogen-bond donors (Lipinski definition) is 2. The van der Waals surface area contributed by atoms with Crippen LogP contribution in [0.25, 0.3) is 5.69 Å². The smallest absolute Gasteiger partial charge is 0.318 e. The van der Waals surface area contributed by atoms with Crippen molar-refractivity contribution in [2.75, 3.05) is 0 Å². The molecular formula is C14H18N6O2S. The van der Waals surface area contributed by atoms with Crippen molar-refractivity contribution in [2.45, 2.75) is 37.1 Å². The number of urea groups is 1. The lowest BCUT2D eigenvalue weighted by atomic mass is 10.0. The van der Waals surface area contributed by atoms with Crippen LogP contribution >= 0.6 is 11.8 Å². The number of hydrogen-bond acceptors (Lipinski definition) is 6. The number of nitrogens with two attached hydrogens (primary N) is 1. The molecule has 0 aliphatic rings. The zero-order valence-corrected chi connectivity index (χ0v) is 13.9. The molecule has 0 bridgehead atoms. The maximum Gasteiger partial charge on any atom is 0.318 e. The topological polar surface area (TPSA) is 116 Å². The summed E-state index contributed by atoms with van der Waals surface area (Å²) in [5, 5.41) is 13.4. The minimum absolute atomic E-state index is 0.435. The van der Waals surface area contributed by atoms with Gasteiger partial charge >= 0.3 is 6.03 Å². The highest BCUT2D eigenvalue weighted by atomic mass is 32.2. The SMILES string of the molecule is CC(C)c1ccc(-n2nnnc2S[C@@H](C)C(=O)NC(N)=O)cc1. The van der Waals surface area contributed by atoms with Crippen molar-refractivity contribution < 1.29 is 9.59 Å². The summed E-state index contributed by atoms with van der Waals surface area (Å²) < 4.78 is 1.54. The number of tetrazole rings is 1. The van der Waals surface area contributed by atoms with Crippen LogP contribution in [0.15, 0.2) is 29.4 Å². The first-order chi connectivity index (χ1) is 10.9. The van der Waals surface area contributed by atoms with Crippen LogP contribution in [-0.2, 0) is 4.79 Å². The van der Waals surface area contributed by atoms with Gasteiger partial charge in [-0.1, -0.05) is 37.7 Å². The van der Waals surface area contributed by atoms with Crippen molar-refractivity contribution in [1.29, 1.82) is 0 Å². The largest absolute Gasteiger partial charge is 0.351 e. The van der Waals surface area contributed by atoms with E-state index in [-0.39, 0.29) is 0 Å². The molecule has 122 valence electrons. The van der Waals surface area contributed by atoms with Gasteiger partial charge in [0.05, 0.1) is 10.9 Å². The molecule has 0 aliphatic heterocycles. The number of rotatable bonds is 5. The molecule has 1 aromatic heterocycles. The van der Waals surface area contributed by atoms with Gasteiger partial charge in [-0.05, 0) is 41.0 Å². The van der Waals surface area contributed by atoms with E-state index >= 15 is 0 Å². The molecule has 1 aromatic carbocycles. The van der Waals surface area contributed by atoms with Gasteiger partial charge in [0, 0.05) is 0 Å². The van der Waals surface area contributed by atoms with Crippen LogP contribution < -0.4 is 11.1 Å². The third-order valence-corrected chi connectivity index (χ3v) is 4.18. The minimum atomic E-state index is -0.883. The van der Waals surface area contributed by atoms with Gasteiger partial charge in [0.25, 0.3) is 0 Å². The second-order valence-corrected chi connectivity index (χ2v) is 6.54. The highest BCUT2D eigenvalue weighted by Gasteiger charge is 2.20. The Bertz CT molecular complexity index is 698. The van der Waals surface area contributed by atoms with Gasteiger partial charge in [-0.2, -0.15) is 4.68 Å². The zero-order chi connectivity index (χ0) is 17.0. The van der Waals surface area contributed by atoms with Crippen molar-refractivity contribution in [1.82, 2.24) is 25.5 Å². The lowest BCUT2D eigenvalue weighted by Gasteiger charge is -2.10. The Labute approximate surface area is 137 Å². The van der Waals surface area contributed by atoms with Crippen LogP contribution in [0.4, 0.5) is 4.79 Å². The predicted molar refractivity (Wildman–Crippen MR) is 86.3 cm³/mol. The molecule has 3 N–H and O–H groups in total. The molecule has 1 atom stereocenters. The number of amides is 3. The molecule has 0 aliphatic carbocycles. The Morgan fingerprint density at radius 2 is 1.87 bits per heavy atom. The summed E-state index contributed by atoms with van der Waals surface area (Å²) in [7, 11) is 0. The highest BCUT2D eigenvalue weighted by molar-refractivity contribution is 8.00. The number of imide groups is 1. The molecule has 8 nitrogen and oxygen atoms in total. The average molecular weight is 334 g/mol. The maximum absolute atomic E-state index is 11.7. The fourth-order valence-electron chi connectivity index (χ4n) is 1.85. The Morgan fingerprint density at radius 1 is 1.22 bits per heavy atom. The van der Waals surface area contributed by atoms with Crippen LogP contribution in [0.2, 0.25) is 0 Å². The number of carbonyl (C=O) groups excluding carboxylic acids is 2. The van der Waals surface area contributed by atoms with Crippen molar-refractivity contribution in [3.05, 3.63) is 29.8 Å². The summed E-state index contributed by atoms with van der Waals surface area (Å²) in [4.78, 5) is 22.5. The molecule has 2 aromatic rings. The number of nitrogens with one attached hydrogen (secondary N) is 1. The number of nitrogens with zero attached hydrogens (tertiary/aromatic N) is 4. The third kappa shape index (κ3) is 4.28. The Balaban J connectivity index is 2.16. The van der Waals surface area contributed by atoms with Crippen LogP contribution in [0, 0.1) is 0 Å². The summed E-state index contributed by atoms with van der Waals surface area (Å²) >= 11 is 1.14. The minimum Gasteiger partial charge on any atom is -0.351 e. The van der Waals surface area contributed by atoms with E-state index in [4.69, 9.17) is 5.73 Å². The number of carbonyl (C=O) groups is 2. The van der Waals surface area contributed by atoms with Crippen LogP contribution in [-0.4, -0.2) is 37.4 Å². The van der Waals surface area contributed by atoms with E-state index in [2.05, 4.69) is 29.4 Å². The number of aromatic nitrogens is 4. The van der Waals surface area contributed by atoms with E-state index in [1.54, 1.807) is 11.6 Å². The average Bonchev–Trinajstić information content (AvgIpc) is 2.94. The third-order valence-electron chi connectivity index (χ3n) is 3.14. The summed E-state index contributed by atoms with van der Waals surface area (Å²) in [6, 6.07) is 6.98. The zero-order valence-electron chi connectivity index (χ0n) is 13.1. The van der Waals surface area contributed by atoms with Gasteiger partial charge in [0.1, 0.15) is 0 Å². The molecule has 0 spiro atoms. The first-order valence-corrected chi connectivity index (χ1v) is 7.92. The van der Waals surface area contributed by atoms with Gasteiger partial charge in [-0.25, -0.2) is 4.79 Å². The van der Waals surface area contributed by atoms with E-state index in [1.807, 2.05) is 29.6 Å². The monoisotopic (exact) mass is 334 g/mol. The van der Waals surface area contributed by atoms with Gasteiger partial charge in [0.2, 0.25) is 11.1 Å². The molecule has 0 saturated carbocycles. The summed E-state index contributed by atoms with van der Waals surface area (Å²) in [6.07, 6.45) is 0. The molecule has 1 heterocycles. The Morgan fingerprint density at radius 3 is 2.43 bits per heavy atom. The van der Waals surface area contributed by atoms with Crippen molar-refractivity contribution >= 4 is 23.7 Å². The second-order valence-electron chi connectivity index (χ2n) is 5.23. The predicted octanol–water partition coefficient (Wildman–Crippen LogP) is 1.46. The van der Waals surface area contributed by atoms with Crippen LogP contribution in [0.5, 0.6) is 0 Å². The van der Waals surface area contributed by atoms with Crippen molar-refractivity contribution in [3.63, 3.8) is 0 Å². The molecule has 0 saturated heterocycles. The molecule has 2 rings (SSSR count). The Hall–Kier alpha value is -2.42. The van der Waals surface area contributed by atoms with Crippen LogP contribution in [0.1, 0.15) is 32.3 Å². The van der Waals surface area contributed by atoms with E-state index in [1.165, 1.54) is 5.56 Å². The molecule has 9 heteroatoms. The quantitative estimate of drug-likeness (QED) is 0.800. The molecule has 23 heavy (non-hydrogen) atoms. The van der Waals surface area contributed by atoms with Gasteiger partial charge in [0.15, 0.2) is 0 Å². The number of primary amides is 1. The summed E-state index contributed by atoms with van der Waals surface area (Å²) in [5.74, 6) is -0.0588. The van der Waals surface area contributed by atoms with Crippen LogP contribution in [0.3, 0.4) is 0 Å². The summed E-state index contributed by atoms with van der Waals surface area (Å²) in [5.41, 5.74) is 6.95. The highest BCUT2D eigenvalue weighted by Crippen LogP contribution is 2.24. The van der Waals surface area contributed by atoms with Crippen molar-refractivity contribution in [3.8, 4) is 5.69 Å². The molecule has 0 unspecified atom stereocenters. The van der Waals surface area contributed by atoms with Gasteiger partial charge < -0.3 is 5.73 Å². The number of thioether (sulfide) groups is 1. The number of benzene rings is 1. The standard InChI is InChI=1S/C14H18N6O2S/c1-8(2)10-4-6-11(7-5-10)20-14(17-18-19-20)23-9(3)12(21)16-13(15)22/h4-9H,1-3H3,(H3,15,16,21,22)/t9-/m0/s1.